The molecule has 10 heteroatoms. The number of alkyl halides is 1. The van der Waals surface area contributed by atoms with Gasteiger partial charge >= 0.3 is 17.9 Å². The van der Waals surface area contributed by atoms with Crippen molar-refractivity contribution in [1.29, 1.82) is 0 Å². The number of carbonyl (C=O) groups excluding carboxylic acids is 4. The Morgan fingerprint density at radius 2 is 1.68 bits per heavy atom. The molecule has 1 N–H and O–H groups in total. The smallest absolute Gasteiger partial charge is 0.303 e. The minimum Gasteiger partial charge on any atom is -0.463 e. The van der Waals surface area contributed by atoms with Gasteiger partial charge in [-0.15, -0.1) is 0 Å². The number of aliphatic hydroxyl groups is 1. The summed E-state index contributed by atoms with van der Waals surface area (Å²) in [7, 11) is 0. The van der Waals surface area contributed by atoms with Gasteiger partial charge in [-0.3, -0.25) is 19.2 Å². The topological polar surface area (TPSA) is 116 Å². The molecule has 0 unspecified atom stereocenters. The summed E-state index contributed by atoms with van der Waals surface area (Å²) in [5, 5.41) is 9.68. The fraction of sp³-hybridized carbons (Fsp3) is 0.667. The third-order valence-corrected chi connectivity index (χ3v) is 2.60. The highest BCUT2D eigenvalue weighted by Crippen LogP contribution is 2.19. The molecule has 0 aromatic heterocycles. The third kappa shape index (κ3) is 7.46. The highest BCUT2D eigenvalue weighted by molar-refractivity contribution is 9.18. The second-order valence-electron chi connectivity index (χ2n) is 3.86. The summed E-state index contributed by atoms with van der Waals surface area (Å²) in [5.74, 6) is -3.56. The van der Waals surface area contributed by atoms with Crippen LogP contribution >= 0.6 is 15.9 Å². The number of aliphatic hydroxyl groups excluding tert-OH is 1. The van der Waals surface area contributed by atoms with Gasteiger partial charge in [0, 0.05) is 24.8 Å². The zero-order valence-electron chi connectivity index (χ0n) is 14.2. The first-order valence-corrected chi connectivity index (χ1v) is 6.40. The lowest BCUT2D eigenvalue weighted by molar-refractivity contribution is -0.178. The van der Waals surface area contributed by atoms with Gasteiger partial charge in [0.05, 0.1) is 0 Å². The first kappa shape index (κ1) is 15.3. The Hall–Kier alpha value is -1.55. The van der Waals surface area contributed by atoms with Crippen molar-refractivity contribution >= 4 is 38.5 Å². The highest BCUT2D eigenvalue weighted by Gasteiger charge is 2.42. The molecule has 4 atom stereocenters. The molecule has 8 nitrogen and oxygen atoms in total. The van der Waals surface area contributed by atoms with Crippen molar-refractivity contribution in [2.24, 2.45) is 0 Å². The average Bonchev–Trinajstić information content (AvgIpc) is 2.60. The van der Waals surface area contributed by atoms with Crippen LogP contribution in [0.15, 0.2) is 0 Å². The van der Waals surface area contributed by atoms with Crippen LogP contribution in [0.3, 0.4) is 0 Å². The summed E-state index contributed by atoms with van der Waals surface area (Å²) in [6, 6.07) is 0. The Balaban J connectivity index is 5.33. The molecule has 0 fully saturated rings. The fourth-order valence-corrected chi connectivity index (χ4v) is 1.67. The third-order valence-electron chi connectivity index (χ3n) is 2.14. The van der Waals surface area contributed by atoms with Crippen LogP contribution in [0.25, 0.3) is 0 Å². The summed E-state index contributed by atoms with van der Waals surface area (Å²) in [6.45, 7) is -3.53. The van der Waals surface area contributed by atoms with Crippen molar-refractivity contribution in [3.05, 3.63) is 0 Å². The summed E-state index contributed by atoms with van der Waals surface area (Å²) >= 11 is 2.43. The van der Waals surface area contributed by atoms with E-state index in [0.717, 1.165) is 0 Å². The molecule has 0 saturated carbocycles. The fourth-order valence-electron chi connectivity index (χ4n) is 1.32. The molecule has 0 aliphatic carbocycles. The van der Waals surface area contributed by atoms with E-state index >= 15 is 0 Å². The molecule has 0 aromatic rings. The zero-order chi connectivity index (χ0) is 19.6. The number of esters is 3. The van der Waals surface area contributed by atoms with Gasteiger partial charge in [0.2, 0.25) is 10.8 Å². The standard InChI is InChI=1S/C12H16BrFO8/c1-5(15)20-4-8(18)9(14)10(21-6(2)16)11(12(13)19)22-7(3)17/h8-11,18H,4H2,1-3H3/t8-,9-,10+,11-/m1/s1/i1D,2D,3D. The second-order valence-corrected chi connectivity index (χ2v) is 4.65. The largest absolute Gasteiger partial charge is 0.463 e. The number of hydrogen-bond donors (Lipinski definition) is 1. The van der Waals surface area contributed by atoms with Crippen LogP contribution in [0.2, 0.25) is 0 Å². The Morgan fingerprint density at radius 1 is 1.14 bits per heavy atom. The lowest BCUT2D eigenvalue weighted by atomic mass is 10.0. The van der Waals surface area contributed by atoms with E-state index in [4.69, 9.17) is 4.11 Å². The normalized spacial score (nSPS) is 17.7. The minimum absolute atomic E-state index is 0.773. The predicted molar refractivity (Wildman–Crippen MR) is 72.6 cm³/mol. The van der Waals surface area contributed by atoms with Gasteiger partial charge in [0.15, 0.2) is 12.3 Å². The number of halogens is 2. The number of hydrogen-bond acceptors (Lipinski definition) is 8. The van der Waals surface area contributed by atoms with Crippen molar-refractivity contribution in [2.75, 3.05) is 6.61 Å². The molecule has 0 heterocycles. The van der Waals surface area contributed by atoms with Gasteiger partial charge in [-0.1, -0.05) is 0 Å². The summed E-state index contributed by atoms with van der Waals surface area (Å²) in [5.41, 5.74) is 0. The van der Waals surface area contributed by atoms with E-state index in [0.29, 0.717) is 0 Å². The van der Waals surface area contributed by atoms with Crippen molar-refractivity contribution in [1.82, 2.24) is 0 Å². The maximum atomic E-state index is 14.4. The molecule has 126 valence electrons. The Labute approximate surface area is 138 Å². The monoisotopic (exact) mass is 389 g/mol. The Bertz CT molecular complexity index is 495. The van der Waals surface area contributed by atoms with E-state index in [2.05, 4.69) is 30.1 Å². The number of rotatable bonds is 8. The van der Waals surface area contributed by atoms with Crippen LogP contribution in [-0.2, 0) is 33.4 Å². The maximum Gasteiger partial charge on any atom is 0.303 e. The molecule has 0 aliphatic heterocycles. The van der Waals surface area contributed by atoms with Crippen LogP contribution in [-0.4, -0.2) is 58.8 Å². The van der Waals surface area contributed by atoms with Crippen LogP contribution in [0.1, 0.15) is 24.8 Å². The van der Waals surface area contributed by atoms with Crippen LogP contribution in [0.5, 0.6) is 0 Å². The first-order chi connectivity index (χ1) is 11.7. The molecule has 0 saturated heterocycles. The second kappa shape index (κ2) is 9.46. The Kier molecular flexibility index (Phi) is 6.60. The van der Waals surface area contributed by atoms with E-state index in [9.17, 15) is 28.7 Å². The minimum atomic E-state index is -2.54. The maximum absolute atomic E-state index is 14.4. The van der Waals surface area contributed by atoms with E-state index in [1.165, 1.54) is 0 Å². The quantitative estimate of drug-likeness (QED) is 0.351. The van der Waals surface area contributed by atoms with Gasteiger partial charge in [0.1, 0.15) is 12.7 Å². The van der Waals surface area contributed by atoms with Gasteiger partial charge in [-0.25, -0.2) is 4.39 Å². The lowest BCUT2D eigenvalue weighted by Gasteiger charge is -2.28. The van der Waals surface area contributed by atoms with Gasteiger partial charge < -0.3 is 19.3 Å². The van der Waals surface area contributed by atoms with E-state index in [1.807, 2.05) is 0 Å². The molecule has 22 heavy (non-hydrogen) atoms. The summed E-state index contributed by atoms with van der Waals surface area (Å²) in [4.78, 5) is 44.9. The molecular formula is C12H16BrFO8. The first-order valence-electron chi connectivity index (χ1n) is 7.73. The van der Waals surface area contributed by atoms with Crippen molar-refractivity contribution < 1.29 is 47.0 Å². The van der Waals surface area contributed by atoms with E-state index in [1.54, 1.807) is 0 Å². The van der Waals surface area contributed by atoms with Gasteiger partial charge in [-0.05, 0) is 15.9 Å². The van der Waals surface area contributed by atoms with Crippen LogP contribution in [0, 0.1) is 0 Å². The van der Waals surface area contributed by atoms with E-state index in [-0.39, 0.29) is 0 Å². The molecule has 0 aliphatic rings. The van der Waals surface area contributed by atoms with Gasteiger partial charge in [-0.2, -0.15) is 0 Å². The zero-order valence-corrected chi connectivity index (χ0v) is 12.8. The summed E-state index contributed by atoms with van der Waals surface area (Å²) in [6.07, 6.45) is -8.81. The SMILES string of the molecule is [2H]CC(=O)OC[C@@H](O)[C@@H](F)[C@H](OC(=O)C[2H])[C@@H](OC(=O)C[2H])C(=O)Br. The van der Waals surface area contributed by atoms with Crippen LogP contribution in [0.4, 0.5) is 4.39 Å². The molecule has 0 aromatic carbocycles. The molecule has 0 rings (SSSR count). The van der Waals surface area contributed by atoms with Crippen LogP contribution < -0.4 is 0 Å². The molecule has 0 bridgehead atoms. The molecular weight excluding hydrogens is 371 g/mol. The van der Waals surface area contributed by atoms with Crippen molar-refractivity contribution in [3.63, 3.8) is 0 Å². The van der Waals surface area contributed by atoms with Crippen molar-refractivity contribution in [3.8, 4) is 0 Å². The molecule has 0 radical (unpaired) electrons. The average molecular weight is 390 g/mol. The molecule has 0 spiro atoms. The highest BCUT2D eigenvalue weighted by atomic mass is 79.9. The van der Waals surface area contributed by atoms with Crippen molar-refractivity contribution in [2.45, 2.75) is 45.2 Å². The predicted octanol–water partition coefficient (Wildman–Crippen LogP) is 0.0334. The Morgan fingerprint density at radius 3 is 2.18 bits per heavy atom. The van der Waals surface area contributed by atoms with E-state index < -0.39 is 74.4 Å². The summed E-state index contributed by atoms with van der Waals surface area (Å²) < 4.78 is 47.2. The number of ether oxygens (including phenoxy) is 3. The lowest BCUT2D eigenvalue weighted by Crippen LogP contribution is -2.49. The van der Waals surface area contributed by atoms with Gasteiger partial charge in [0.25, 0.3) is 0 Å². The molecule has 0 amide bonds. The number of carbonyl (C=O) groups is 4.